The van der Waals surface area contributed by atoms with E-state index in [4.69, 9.17) is 5.73 Å². The Balaban J connectivity index is 2.25. The van der Waals surface area contributed by atoms with E-state index in [0.29, 0.717) is 17.4 Å². The zero-order valence-corrected chi connectivity index (χ0v) is 12.2. The molecule has 1 heterocycles. The standard InChI is InChI=1S/C13H14BrFN2O3/c14-10-3-2-8(15)6-9(10)11(18)17-5-1-4-13(20,7-17)12(16)19/h2-3,6,20H,1,4-5,7H2,(H2,16,19). The fourth-order valence-electron chi connectivity index (χ4n) is 2.24. The normalized spacial score (nSPS) is 22.6. The smallest absolute Gasteiger partial charge is 0.255 e. The first-order valence-corrected chi connectivity index (χ1v) is 6.89. The number of carbonyl (C=O) groups is 2. The summed E-state index contributed by atoms with van der Waals surface area (Å²) in [5.41, 5.74) is 3.60. The molecule has 0 saturated carbocycles. The molecule has 2 amide bonds. The Kier molecular flexibility index (Phi) is 4.10. The SMILES string of the molecule is NC(=O)C1(O)CCCN(C(=O)c2cc(F)ccc2Br)C1. The van der Waals surface area contributed by atoms with E-state index in [1.165, 1.54) is 17.0 Å². The average molecular weight is 345 g/mol. The molecule has 2 rings (SSSR count). The first kappa shape index (κ1) is 14.9. The molecule has 1 fully saturated rings. The summed E-state index contributed by atoms with van der Waals surface area (Å²) in [5.74, 6) is -1.83. The van der Waals surface area contributed by atoms with Gasteiger partial charge in [-0.25, -0.2) is 4.39 Å². The van der Waals surface area contributed by atoms with Gasteiger partial charge in [0.15, 0.2) is 5.60 Å². The lowest BCUT2D eigenvalue weighted by Gasteiger charge is -2.37. The number of nitrogens with two attached hydrogens (primary N) is 1. The molecule has 0 aliphatic carbocycles. The number of amides is 2. The maximum Gasteiger partial charge on any atom is 0.255 e. The zero-order chi connectivity index (χ0) is 14.9. The van der Waals surface area contributed by atoms with Gasteiger partial charge in [-0.05, 0) is 47.0 Å². The van der Waals surface area contributed by atoms with E-state index in [9.17, 15) is 19.1 Å². The van der Waals surface area contributed by atoms with Crippen molar-refractivity contribution in [3.8, 4) is 0 Å². The summed E-state index contributed by atoms with van der Waals surface area (Å²) < 4.78 is 13.7. The molecule has 1 unspecified atom stereocenters. The van der Waals surface area contributed by atoms with Crippen LogP contribution in [0.4, 0.5) is 4.39 Å². The summed E-state index contributed by atoms with van der Waals surface area (Å²) in [6.07, 6.45) is 0.675. The lowest BCUT2D eigenvalue weighted by atomic mass is 9.92. The van der Waals surface area contributed by atoms with Crippen LogP contribution < -0.4 is 5.73 Å². The van der Waals surface area contributed by atoms with Gasteiger partial charge in [-0.1, -0.05) is 0 Å². The molecule has 1 aromatic carbocycles. The fourth-order valence-corrected chi connectivity index (χ4v) is 2.66. The Morgan fingerprint density at radius 2 is 2.15 bits per heavy atom. The van der Waals surface area contributed by atoms with Gasteiger partial charge in [0.25, 0.3) is 11.8 Å². The number of aliphatic hydroxyl groups is 1. The maximum atomic E-state index is 13.2. The van der Waals surface area contributed by atoms with Crippen molar-refractivity contribution < 1.29 is 19.1 Å². The molecule has 1 aliphatic heterocycles. The zero-order valence-electron chi connectivity index (χ0n) is 10.6. The van der Waals surface area contributed by atoms with Gasteiger partial charge in [-0.3, -0.25) is 9.59 Å². The molecule has 0 bridgehead atoms. The van der Waals surface area contributed by atoms with E-state index in [0.717, 1.165) is 6.07 Å². The van der Waals surface area contributed by atoms with Gasteiger partial charge in [0.05, 0.1) is 12.1 Å². The molecule has 108 valence electrons. The summed E-state index contributed by atoms with van der Waals surface area (Å²) >= 11 is 3.19. The Bertz CT molecular complexity index is 567. The second kappa shape index (κ2) is 5.49. The Morgan fingerprint density at radius 3 is 2.80 bits per heavy atom. The third kappa shape index (κ3) is 2.83. The van der Waals surface area contributed by atoms with Crippen molar-refractivity contribution in [3.05, 3.63) is 34.1 Å². The molecule has 1 aliphatic rings. The monoisotopic (exact) mass is 344 g/mol. The highest BCUT2D eigenvalue weighted by Crippen LogP contribution is 2.25. The summed E-state index contributed by atoms with van der Waals surface area (Å²) in [7, 11) is 0. The van der Waals surface area contributed by atoms with Crippen LogP contribution in [0.2, 0.25) is 0 Å². The number of benzene rings is 1. The second-order valence-electron chi connectivity index (χ2n) is 4.85. The van der Waals surface area contributed by atoms with Gasteiger partial charge in [0.2, 0.25) is 0 Å². The molecule has 0 spiro atoms. The van der Waals surface area contributed by atoms with Gasteiger partial charge in [-0.15, -0.1) is 0 Å². The van der Waals surface area contributed by atoms with E-state index in [1.807, 2.05) is 0 Å². The van der Waals surface area contributed by atoms with Crippen LogP contribution in [0.1, 0.15) is 23.2 Å². The molecule has 3 N–H and O–H groups in total. The highest BCUT2D eigenvalue weighted by Gasteiger charge is 2.40. The number of rotatable bonds is 2. The summed E-state index contributed by atoms with van der Waals surface area (Å²) in [6.45, 7) is 0.210. The molecule has 5 nitrogen and oxygen atoms in total. The van der Waals surface area contributed by atoms with Gasteiger partial charge < -0.3 is 15.7 Å². The van der Waals surface area contributed by atoms with Crippen LogP contribution in [0.15, 0.2) is 22.7 Å². The van der Waals surface area contributed by atoms with Crippen molar-refractivity contribution in [2.24, 2.45) is 5.73 Å². The minimum absolute atomic E-state index is 0.152. The molecule has 0 radical (unpaired) electrons. The van der Waals surface area contributed by atoms with Crippen LogP contribution in [0.3, 0.4) is 0 Å². The highest BCUT2D eigenvalue weighted by atomic mass is 79.9. The summed E-state index contributed by atoms with van der Waals surface area (Å²) in [4.78, 5) is 24.9. The molecular weight excluding hydrogens is 331 g/mol. The maximum absolute atomic E-state index is 13.2. The van der Waals surface area contributed by atoms with Crippen LogP contribution in [0, 0.1) is 5.82 Å². The second-order valence-corrected chi connectivity index (χ2v) is 5.70. The minimum atomic E-state index is -1.71. The van der Waals surface area contributed by atoms with Crippen LogP contribution in [0.5, 0.6) is 0 Å². The van der Waals surface area contributed by atoms with Crippen molar-refractivity contribution in [3.63, 3.8) is 0 Å². The van der Waals surface area contributed by atoms with E-state index in [1.54, 1.807) is 0 Å². The Hall–Kier alpha value is -1.47. The molecule has 20 heavy (non-hydrogen) atoms. The number of nitrogens with zero attached hydrogens (tertiary/aromatic N) is 1. The number of halogens is 2. The van der Waals surface area contributed by atoms with Crippen molar-refractivity contribution >= 4 is 27.7 Å². The van der Waals surface area contributed by atoms with Gasteiger partial charge in [0.1, 0.15) is 5.82 Å². The number of primary amides is 1. The third-order valence-corrected chi connectivity index (χ3v) is 4.07. The number of β-amino-alcohol motifs (C(OH)–C–C–N with tert-alkyl or cyclic N) is 1. The summed E-state index contributed by atoms with van der Waals surface area (Å²) in [6, 6.07) is 3.79. The molecule has 1 atom stereocenters. The van der Waals surface area contributed by atoms with Gasteiger partial charge in [-0.2, -0.15) is 0 Å². The van der Waals surface area contributed by atoms with E-state index >= 15 is 0 Å². The number of hydrogen-bond donors (Lipinski definition) is 2. The number of likely N-dealkylation sites (tertiary alicyclic amines) is 1. The third-order valence-electron chi connectivity index (χ3n) is 3.38. The molecule has 0 aromatic heterocycles. The van der Waals surface area contributed by atoms with Crippen LogP contribution in [0.25, 0.3) is 0 Å². The van der Waals surface area contributed by atoms with E-state index in [2.05, 4.69) is 15.9 Å². The first-order valence-electron chi connectivity index (χ1n) is 6.10. The lowest BCUT2D eigenvalue weighted by molar-refractivity contribution is -0.140. The number of hydrogen-bond acceptors (Lipinski definition) is 3. The van der Waals surface area contributed by atoms with Crippen molar-refractivity contribution in [2.75, 3.05) is 13.1 Å². The fraction of sp³-hybridized carbons (Fsp3) is 0.385. The molecule has 1 aromatic rings. The van der Waals surface area contributed by atoms with Crippen LogP contribution in [-0.2, 0) is 4.79 Å². The van der Waals surface area contributed by atoms with Crippen LogP contribution >= 0.6 is 15.9 Å². The molecule has 1 saturated heterocycles. The van der Waals surface area contributed by atoms with Crippen LogP contribution in [-0.4, -0.2) is 40.5 Å². The van der Waals surface area contributed by atoms with Crippen molar-refractivity contribution in [1.82, 2.24) is 4.90 Å². The summed E-state index contributed by atoms with van der Waals surface area (Å²) in [5, 5.41) is 10.1. The average Bonchev–Trinajstić information content (AvgIpc) is 2.40. The lowest BCUT2D eigenvalue weighted by Crippen LogP contribution is -2.57. The Morgan fingerprint density at radius 1 is 1.45 bits per heavy atom. The predicted molar refractivity (Wildman–Crippen MR) is 73.4 cm³/mol. The van der Waals surface area contributed by atoms with Crippen molar-refractivity contribution in [2.45, 2.75) is 18.4 Å². The topological polar surface area (TPSA) is 83.6 Å². The van der Waals surface area contributed by atoms with E-state index in [-0.39, 0.29) is 18.5 Å². The molecular formula is C13H14BrFN2O3. The molecule has 7 heteroatoms. The first-order chi connectivity index (χ1) is 9.33. The van der Waals surface area contributed by atoms with Gasteiger partial charge in [0, 0.05) is 11.0 Å². The largest absolute Gasteiger partial charge is 0.378 e. The van der Waals surface area contributed by atoms with Crippen molar-refractivity contribution in [1.29, 1.82) is 0 Å². The minimum Gasteiger partial charge on any atom is -0.378 e. The Labute approximate surface area is 123 Å². The predicted octanol–water partition coefficient (Wildman–Crippen LogP) is 1.04. The van der Waals surface area contributed by atoms with Gasteiger partial charge >= 0.3 is 0 Å². The number of piperidine rings is 1. The number of carbonyl (C=O) groups excluding carboxylic acids is 2. The van der Waals surface area contributed by atoms with E-state index < -0.39 is 23.2 Å². The quantitative estimate of drug-likeness (QED) is 0.840. The highest BCUT2D eigenvalue weighted by molar-refractivity contribution is 9.10.